The summed E-state index contributed by atoms with van der Waals surface area (Å²) in [4.78, 5) is 0. The Morgan fingerprint density at radius 1 is 0.700 bits per heavy atom. The Balaban J connectivity index is 3.20. The van der Waals surface area contributed by atoms with Crippen LogP contribution in [0.25, 0.3) is 0 Å². The smallest absolute Gasteiger partial charge is 0.133 e. The molecule has 0 aromatic carbocycles. The molecule has 0 saturated carbocycles. The normalized spacial score (nSPS) is 13.1. The molecular formula is C18H37ClO. The highest BCUT2D eigenvalue weighted by molar-refractivity contribution is 6.19. The summed E-state index contributed by atoms with van der Waals surface area (Å²) in [7, 11) is 0. The summed E-state index contributed by atoms with van der Waals surface area (Å²) in [6.45, 7) is 7.48. The average molecular weight is 305 g/mol. The fourth-order valence-corrected chi connectivity index (χ4v) is 3.03. The molecule has 20 heavy (non-hydrogen) atoms. The second-order valence-electron chi connectivity index (χ2n) is 5.98. The van der Waals surface area contributed by atoms with Gasteiger partial charge < -0.3 is 4.74 Å². The van der Waals surface area contributed by atoms with Gasteiger partial charge >= 0.3 is 0 Å². The summed E-state index contributed by atoms with van der Waals surface area (Å²) < 4.78 is 5.72. The van der Waals surface area contributed by atoms with Gasteiger partial charge in [0.2, 0.25) is 0 Å². The van der Waals surface area contributed by atoms with Crippen LogP contribution >= 0.6 is 11.6 Å². The molecular weight excluding hydrogens is 268 g/mol. The standard InChI is InChI=1S/C18H37ClO/c1-4-7-8-9-10-11-12-13-14-15-16-20-18(19)17(5-2)6-3/h17-18H,4-16H2,1-3H3. The largest absolute Gasteiger partial charge is 0.362 e. The van der Waals surface area contributed by atoms with Crippen LogP contribution in [-0.2, 0) is 4.74 Å². The number of unbranched alkanes of at least 4 members (excludes halogenated alkanes) is 9. The van der Waals surface area contributed by atoms with E-state index in [1.165, 1.54) is 64.2 Å². The van der Waals surface area contributed by atoms with Crippen LogP contribution in [0.4, 0.5) is 0 Å². The Labute approximate surface area is 132 Å². The Hall–Kier alpha value is 0.250. The lowest BCUT2D eigenvalue weighted by Crippen LogP contribution is -2.17. The molecule has 0 radical (unpaired) electrons. The van der Waals surface area contributed by atoms with Crippen molar-refractivity contribution in [2.75, 3.05) is 6.61 Å². The maximum absolute atomic E-state index is 6.25. The zero-order valence-electron chi connectivity index (χ0n) is 14.1. The van der Waals surface area contributed by atoms with Gasteiger partial charge in [-0.2, -0.15) is 0 Å². The lowest BCUT2D eigenvalue weighted by Gasteiger charge is -2.19. The quantitative estimate of drug-likeness (QED) is 0.235. The van der Waals surface area contributed by atoms with Crippen LogP contribution in [0.3, 0.4) is 0 Å². The maximum atomic E-state index is 6.25. The SMILES string of the molecule is CCCCCCCCCCCCOC(Cl)C(CC)CC. The fraction of sp³-hybridized carbons (Fsp3) is 1.00. The minimum atomic E-state index is -0.0800. The van der Waals surface area contributed by atoms with Gasteiger partial charge in [0, 0.05) is 6.61 Å². The van der Waals surface area contributed by atoms with E-state index in [-0.39, 0.29) is 5.56 Å². The van der Waals surface area contributed by atoms with Gasteiger partial charge in [-0.1, -0.05) is 90.2 Å². The van der Waals surface area contributed by atoms with Crippen LogP contribution in [0.5, 0.6) is 0 Å². The van der Waals surface area contributed by atoms with Crippen LogP contribution in [0.1, 0.15) is 97.8 Å². The lowest BCUT2D eigenvalue weighted by atomic mass is 10.0. The van der Waals surface area contributed by atoms with Crippen LogP contribution in [0.2, 0.25) is 0 Å². The molecule has 0 saturated heterocycles. The third-order valence-electron chi connectivity index (χ3n) is 4.19. The van der Waals surface area contributed by atoms with Crippen molar-refractivity contribution < 1.29 is 4.74 Å². The Morgan fingerprint density at radius 2 is 1.15 bits per heavy atom. The third-order valence-corrected chi connectivity index (χ3v) is 4.68. The minimum Gasteiger partial charge on any atom is -0.362 e. The molecule has 2 heteroatoms. The number of alkyl halides is 1. The summed E-state index contributed by atoms with van der Waals surface area (Å²) in [5.41, 5.74) is -0.0800. The van der Waals surface area contributed by atoms with E-state index in [1.807, 2.05) is 0 Å². The Bertz CT molecular complexity index is 180. The van der Waals surface area contributed by atoms with Crippen molar-refractivity contribution in [1.29, 1.82) is 0 Å². The van der Waals surface area contributed by atoms with E-state index in [0.717, 1.165) is 19.4 Å². The van der Waals surface area contributed by atoms with Gasteiger partial charge in [0.25, 0.3) is 0 Å². The van der Waals surface area contributed by atoms with Crippen molar-refractivity contribution >= 4 is 11.6 Å². The van der Waals surface area contributed by atoms with E-state index < -0.39 is 0 Å². The molecule has 1 unspecified atom stereocenters. The first-order chi connectivity index (χ1) is 9.76. The molecule has 1 nitrogen and oxygen atoms in total. The van der Waals surface area contributed by atoms with Crippen molar-refractivity contribution in [2.24, 2.45) is 5.92 Å². The summed E-state index contributed by atoms with van der Waals surface area (Å²) in [6.07, 6.45) is 15.9. The van der Waals surface area contributed by atoms with E-state index in [0.29, 0.717) is 5.92 Å². The molecule has 0 fully saturated rings. The molecule has 1 atom stereocenters. The first kappa shape index (κ1) is 20.2. The fourth-order valence-electron chi connectivity index (χ4n) is 2.58. The van der Waals surface area contributed by atoms with Gasteiger partial charge in [0.1, 0.15) is 5.56 Å². The van der Waals surface area contributed by atoms with Crippen molar-refractivity contribution in [3.05, 3.63) is 0 Å². The monoisotopic (exact) mass is 304 g/mol. The molecule has 0 rings (SSSR count). The molecule has 0 aliphatic heterocycles. The zero-order chi connectivity index (χ0) is 15.1. The average Bonchev–Trinajstić information content (AvgIpc) is 2.46. The van der Waals surface area contributed by atoms with Crippen LogP contribution in [-0.4, -0.2) is 12.2 Å². The predicted molar refractivity (Wildman–Crippen MR) is 91.5 cm³/mol. The molecule has 0 aromatic rings. The Morgan fingerprint density at radius 3 is 1.60 bits per heavy atom. The molecule has 0 amide bonds. The molecule has 122 valence electrons. The topological polar surface area (TPSA) is 9.23 Å². The lowest BCUT2D eigenvalue weighted by molar-refractivity contribution is 0.0622. The highest BCUT2D eigenvalue weighted by Gasteiger charge is 2.15. The van der Waals surface area contributed by atoms with Crippen molar-refractivity contribution in [3.63, 3.8) is 0 Å². The number of hydrogen-bond donors (Lipinski definition) is 0. The minimum absolute atomic E-state index is 0.0800. The van der Waals surface area contributed by atoms with E-state index in [1.54, 1.807) is 0 Å². The third kappa shape index (κ3) is 12.0. The number of halogens is 1. The van der Waals surface area contributed by atoms with Crippen LogP contribution < -0.4 is 0 Å². The Kier molecular flexibility index (Phi) is 15.8. The molecule has 0 aliphatic rings. The van der Waals surface area contributed by atoms with Crippen LogP contribution in [0, 0.1) is 5.92 Å². The zero-order valence-corrected chi connectivity index (χ0v) is 14.9. The van der Waals surface area contributed by atoms with E-state index >= 15 is 0 Å². The number of ether oxygens (including phenoxy) is 1. The second-order valence-corrected chi connectivity index (χ2v) is 6.41. The van der Waals surface area contributed by atoms with E-state index in [4.69, 9.17) is 16.3 Å². The molecule has 0 heterocycles. The maximum Gasteiger partial charge on any atom is 0.133 e. The highest BCUT2D eigenvalue weighted by atomic mass is 35.5. The number of rotatable bonds is 15. The summed E-state index contributed by atoms with van der Waals surface area (Å²) in [6, 6.07) is 0. The van der Waals surface area contributed by atoms with Crippen molar-refractivity contribution in [3.8, 4) is 0 Å². The van der Waals surface area contributed by atoms with Crippen molar-refractivity contribution in [2.45, 2.75) is 103 Å². The molecule has 0 spiro atoms. The number of hydrogen-bond acceptors (Lipinski definition) is 1. The molecule has 0 bridgehead atoms. The van der Waals surface area contributed by atoms with Crippen molar-refractivity contribution in [1.82, 2.24) is 0 Å². The molecule has 0 aliphatic carbocycles. The summed E-state index contributed by atoms with van der Waals surface area (Å²) in [5, 5.41) is 0. The van der Waals surface area contributed by atoms with Crippen LogP contribution in [0.15, 0.2) is 0 Å². The molecule has 0 aromatic heterocycles. The van der Waals surface area contributed by atoms with Gasteiger partial charge in [-0.25, -0.2) is 0 Å². The predicted octanol–water partition coefficient (Wildman–Crippen LogP) is 6.93. The van der Waals surface area contributed by atoms with Gasteiger partial charge in [-0.3, -0.25) is 0 Å². The van der Waals surface area contributed by atoms with Gasteiger partial charge in [0.15, 0.2) is 0 Å². The second kappa shape index (κ2) is 15.6. The summed E-state index contributed by atoms with van der Waals surface area (Å²) in [5.74, 6) is 0.514. The highest BCUT2D eigenvalue weighted by Crippen LogP contribution is 2.20. The van der Waals surface area contributed by atoms with Gasteiger partial charge in [0.05, 0.1) is 0 Å². The van der Waals surface area contributed by atoms with Gasteiger partial charge in [-0.05, 0) is 25.2 Å². The molecule has 0 N–H and O–H groups in total. The first-order valence-corrected chi connectivity index (χ1v) is 9.45. The first-order valence-electron chi connectivity index (χ1n) is 9.01. The van der Waals surface area contributed by atoms with Gasteiger partial charge in [-0.15, -0.1) is 0 Å². The summed E-state index contributed by atoms with van der Waals surface area (Å²) >= 11 is 6.25. The van der Waals surface area contributed by atoms with E-state index in [9.17, 15) is 0 Å². The van der Waals surface area contributed by atoms with E-state index in [2.05, 4.69) is 20.8 Å².